The van der Waals surface area contributed by atoms with Crippen LogP contribution in [0.4, 0.5) is 13.2 Å². The SMILES string of the molecule is COC(=O)C[C@H](Cc1ccccc1)NC(=O)[C@](OC)(c1ccccc1)C(F)(F)F. The average Bonchev–Trinajstić information content (AvgIpc) is 2.69. The van der Waals surface area contributed by atoms with Crippen molar-refractivity contribution in [2.75, 3.05) is 14.2 Å². The van der Waals surface area contributed by atoms with Gasteiger partial charge in [-0.15, -0.1) is 0 Å². The van der Waals surface area contributed by atoms with Gasteiger partial charge in [-0.2, -0.15) is 13.2 Å². The van der Waals surface area contributed by atoms with Gasteiger partial charge in [-0.3, -0.25) is 9.59 Å². The van der Waals surface area contributed by atoms with Crippen LogP contribution in [0, 0.1) is 0 Å². The summed E-state index contributed by atoms with van der Waals surface area (Å²) in [5.74, 6) is -2.05. The van der Waals surface area contributed by atoms with E-state index in [2.05, 4.69) is 10.1 Å². The first-order valence-electron chi connectivity index (χ1n) is 8.83. The Bertz CT molecular complexity index is 812. The summed E-state index contributed by atoms with van der Waals surface area (Å²) in [5.41, 5.74) is -2.82. The summed E-state index contributed by atoms with van der Waals surface area (Å²) >= 11 is 0. The number of carbonyl (C=O) groups excluding carboxylic acids is 2. The Balaban J connectivity index is 2.38. The van der Waals surface area contributed by atoms with Crippen molar-refractivity contribution < 1.29 is 32.2 Å². The van der Waals surface area contributed by atoms with Gasteiger partial charge in [-0.1, -0.05) is 60.7 Å². The number of carbonyl (C=O) groups is 2. The van der Waals surface area contributed by atoms with E-state index in [-0.39, 0.29) is 18.4 Å². The Morgan fingerprint density at radius 3 is 2.00 bits per heavy atom. The Labute approximate surface area is 166 Å². The Hall–Kier alpha value is -2.87. The number of benzene rings is 2. The van der Waals surface area contributed by atoms with Crippen LogP contribution in [0.5, 0.6) is 0 Å². The van der Waals surface area contributed by atoms with E-state index in [4.69, 9.17) is 4.74 Å². The minimum atomic E-state index is -5.03. The fraction of sp³-hybridized carbons (Fsp3) is 0.333. The van der Waals surface area contributed by atoms with Gasteiger partial charge in [0.1, 0.15) is 0 Å². The number of hydrogen-bond acceptors (Lipinski definition) is 4. The van der Waals surface area contributed by atoms with Crippen LogP contribution in [0.15, 0.2) is 60.7 Å². The van der Waals surface area contributed by atoms with Gasteiger partial charge in [-0.25, -0.2) is 0 Å². The molecule has 0 bridgehead atoms. The van der Waals surface area contributed by atoms with E-state index in [1.54, 1.807) is 30.3 Å². The molecule has 0 aliphatic rings. The van der Waals surface area contributed by atoms with Crippen LogP contribution < -0.4 is 5.32 Å². The number of methoxy groups -OCH3 is 2. The zero-order valence-electron chi connectivity index (χ0n) is 16.0. The highest BCUT2D eigenvalue weighted by Crippen LogP contribution is 2.42. The van der Waals surface area contributed by atoms with Crippen molar-refractivity contribution in [2.24, 2.45) is 0 Å². The summed E-state index contributed by atoms with van der Waals surface area (Å²) in [6.07, 6.45) is -5.17. The minimum Gasteiger partial charge on any atom is -0.469 e. The van der Waals surface area contributed by atoms with Crippen molar-refractivity contribution in [3.05, 3.63) is 71.8 Å². The maximum absolute atomic E-state index is 14.0. The van der Waals surface area contributed by atoms with Crippen LogP contribution in [0.25, 0.3) is 0 Å². The third kappa shape index (κ3) is 5.14. The molecule has 29 heavy (non-hydrogen) atoms. The molecule has 0 saturated carbocycles. The lowest BCUT2D eigenvalue weighted by molar-refractivity contribution is -0.266. The number of hydrogen-bond donors (Lipinski definition) is 1. The second-order valence-corrected chi connectivity index (χ2v) is 6.39. The van der Waals surface area contributed by atoms with Crippen LogP contribution in [0.3, 0.4) is 0 Å². The molecule has 0 saturated heterocycles. The number of nitrogens with one attached hydrogen (secondary N) is 1. The molecule has 2 aromatic rings. The minimum absolute atomic E-state index is 0.147. The lowest BCUT2D eigenvalue weighted by atomic mass is 9.90. The molecule has 5 nitrogen and oxygen atoms in total. The van der Waals surface area contributed by atoms with Gasteiger partial charge in [0.15, 0.2) is 0 Å². The normalized spacial score (nSPS) is 14.5. The third-order valence-corrected chi connectivity index (χ3v) is 4.51. The summed E-state index contributed by atoms with van der Waals surface area (Å²) in [4.78, 5) is 24.7. The van der Waals surface area contributed by atoms with Crippen molar-refractivity contribution in [1.29, 1.82) is 0 Å². The van der Waals surface area contributed by atoms with Gasteiger partial charge in [0.2, 0.25) is 0 Å². The van der Waals surface area contributed by atoms with Gasteiger partial charge < -0.3 is 14.8 Å². The van der Waals surface area contributed by atoms with Crippen LogP contribution in [0.2, 0.25) is 0 Å². The first-order valence-corrected chi connectivity index (χ1v) is 8.83. The van der Waals surface area contributed by atoms with Crippen LogP contribution in [0.1, 0.15) is 17.5 Å². The molecule has 0 aromatic heterocycles. The highest BCUT2D eigenvalue weighted by Gasteiger charge is 2.62. The van der Waals surface area contributed by atoms with E-state index in [1.807, 2.05) is 0 Å². The molecule has 2 rings (SSSR count). The number of esters is 1. The number of amides is 1. The summed E-state index contributed by atoms with van der Waals surface area (Å²) in [5, 5.41) is 2.34. The second kappa shape index (κ2) is 9.56. The van der Waals surface area contributed by atoms with Crippen LogP contribution in [-0.2, 0) is 31.1 Å². The zero-order chi connectivity index (χ0) is 21.5. The van der Waals surface area contributed by atoms with Crippen molar-refractivity contribution in [3.8, 4) is 0 Å². The molecule has 2 aromatic carbocycles. The van der Waals surface area contributed by atoms with E-state index < -0.39 is 29.7 Å². The standard InChI is InChI=1S/C21H22F3NO4/c1-28-18(26)14-17(13-15-9-5-3-6-10-15)25-19(27)20(29-2,21(22,23)24)16-11-7-4-8-12-16/h3-12,17H,13-14H2,1-2H3,(H,25,27)/t17-,20+/m0/s1. The van der Waals surface area contributed by atoms with Gasteiger partial charge in [0, 0.05) is 18.7 Å². The smallest absolute Gasteiger partial charge is 0.430 e. The highest BCUT2D eigenvalue weighted by atomic mass is 19.4. The molecule has 0 fully saturated rings. The largest absolute Gasteiger partial charge is 0.469 e. The lowest BCUT2D eigenvalue weighted by Crippen LogP contribution is -2.58. The summed E-state index contributed by atoms with van der Waals surface area (Å²) in [6.45, 7) is 0. The van der Waals surface area contributed by atoms with Crippen molar-refractivity contribution in [3.63, 3.8) is 0 Å². The quantitative estimate of drug-likeness (QED) is 0.679. The molecular weight excluding hydrogens is 387 g/mol. The second-order valence-electron chi connectivity index (χ2n) is 6.39. The first-order chi connectivity index (χ1) is 13.7. The maximum Gasteiger partial charge on any atom is 0.430 e. The fourth-order valence-electron chi connectivity index (χ4n) is 3.07. The van der Waals surface area contributed by atoms with Gasteiger partial charge in [0.25, 0.3) is 11.5 Å². The molecule has 8 heteroatoms. The predicted molar refractivity (Wildman–Crippen MR) is 99.9 cm³/mol. The van der Waals surface area contributed by atoms with Crippen molar-refractivity contribution >= 4 is 11.9 Å². The number of rotatable bonds is 8. The van der Waals surface area contributed by atoms with Crippen LogP contribution in [-0.4, -0.2) is 38.3 Å². The molecule has 0 radical (unpaired) electrons. The summed E-state index contributed by atoms with van der Waals surface area (Å²) < 4.78 is 51.5. The van der Waals surface area contributed by atoms with E-state index in [0.29, 0.717) is 0 Å². The summed E-state index contributed by atoms with van der Waals surface area (Å²) in [6, 6.07) is 14.5. The number of alkyl halides is 3. The summed E-state index contributed by atoms with van der Waals surface area (Å²) in [7, 11) is 2.00. The average molecular weight is 409 g/mol. The molecule has 0 aliphatic heterocycles. The van der Waals surface area contributed by atoms with E-state index >= 15 is 0 Å². The molecule has 0 unspecified atom stereocenters. The molecular formula is C21H22F3NO4. The fourth-order valence-corrected chi connectivity index (χ4v) is 3.07. The predicted octanol–water partition coefficient (Wildman–Crippen LogP) is 3.38. The molecule has 156 valence electrons. The van der Waals surface area contributed by atoms with Crippen molar-refractivity contribution in [2.45, 2.75) is 30.7 Å². The molecule has 1 N–H and O–H groups in total. The van der Waals surface area contributed by atoms with Crippen LogP contribution >= 0.6 is 0 Å². The Morgan fingerprint density at radius 2 is 1.52 bits per heavy atom. The lowest BCUT2D eigenvalue weighted by Gasteiger charge is -2.34. The topological polar surface area (TPSA) is 64.6 Å². The highest BCUT2D eigenvalue weighted by molar-refractivity contribution is 5.88. The molecule has 1 amide bonds. The molecule has 0 heterocycles. The number of halogens is 3. The van der Waals surface area contributed by atoms with E-state index in [0.717, 1.165) is 12.7 Å². The van der Waals surface area contributed by atoms with Gasteiger partial charge in [-0.05, 0) is 12.0 Å². The van der Waals surface area contributed by atoms with Gasteiger partial charge in [0.05, 0.1) is 13.5 Å². The van der Waals surface area contributed by atoms with Gasteiger partial charge >= 0.3 is 12.1 Å². The third-order valence-electron chi connectivity index (χ3n) is 4.51. The maximum atomic E-state index is 14.0. The van der Waals surface area contributed by atoms with E-state index in [1.165, 1.54) is 37.4 Å². The Morgan fingerprint density at radius 1 is 0.966 bits per heavy atom. The zero-order valence-corrected chi connectivity index (χ0v) is 16.0. The number of ether oxygens (including phenoxy) is 2. The molecule has 2 atom stereocenters. The monoisotopic (exact) mass is 409 g/mol. The van der Waals surface area contributed by atoms with Crippen molar-refractivity contribution in [1.82, 2.24) is 5.32 Å². The van der Waals surface area contributed by atoms with E-state index in [9.17, 15) is 22.8 Å². The molecule has 0 spiro atoms. The Kier molecular flexibility index (Phi) is 7.39. The first kappa shape index (κ1) is 22.4. The molecule has 0 aliphatic carbocycles.